The van der Waals surface area contributed by atoms with Crippen LogP contribution in [0.1, 0.15) is 22.3 Å². The van der Waals surface area contributed by atoms with Crippen molar-refractivity contribution in [3.8, 4) is 5.75 Å². The van der Waals surface area contributed by atoms with Crippen molar-refractivity contribution in [1.29, 1.82) is 0 Å². The maximum absolute atomic E-state index is 11.6. The predicted octanol–water partition coefficient (Wildman–Crippen LogP) is 1.57. The molecule has 0 saturated carbocycles. The van der Waals surface area contributed by atoms with Gasteiger partial charge in [0, 0.05) is 18.0 Å². The molecule has 82 valence electrons. The van der Waals surface area contributed by atoms with Gasteiger partial charge in [0.1, 0.15) is 5.75 Å². The summed E-state index contributed by atoms with van der Waals surface area (Å²) in [5, 5.41) is 0. The van der Waals surface area contributed by atoms with Crippen LogP contribution in [0, 0.1) is 0 Å². The van der Waals surface area contributed by atoms with E-state index in [2.05, 4.69) is 0 Å². The average Bonchev–Trinajstić information content (AvgIpc) is 2.17. The van der Waals surface area contributed by atoms with E-state index in [9.17, 15) is 4.79 Å². The van der Waals surface area contributed by atoms with Crippen LogP contribution >= 0.6 is 12.4 Å². The quantitative estimate of drug-likeness (QED) is 0.793. The molecule has 2 N–H and O–H groups in total. The highest BCUT2D eigenvalue weighted by molar-refractivity contribution is 5.99. The van der Waals surface area contributed by atoms with Crippen molar-refractivity contribution in [1.82, 2.24) is 0 Å². The van der Waals surface area contributed by atoms with Gasteiger partial charge in [-0.25, -0.2) is 0 Å². The molecule has 0 bridgehead atoms. The molecule has 0 aromatic heterocycles. The molecule has 1 atom stereocenters. The second kappa shape index (κ2) is 4.64. The number of Topliss-reactive ketones (excluding diaryl/α,β-unsaturated/α-hetero) is 1. The first-order valence-electron chi connectivity index (χ1n) is 4.66. The monoisotopic (exact) mass is 227 g/mol. The highest BCUT2D eigenvalue weighted by Gasteiger charge is 2.22. The fraction of sp³-hybridized carbons (Fsp3) is 0.364. The van der Waals surface area contributed by atoms with Crippen molar-refractivity contribution in [3.05, 3.63) is 29.3 Å². The first kappa shape index (κ1) is 12.0. The highest BCUT2D eigenvalue weighted by Crippen LogP contribution is 2.24. The molecule has 0 fully saturated rings. The Kier molecular flexibility index (Phi) is 3.72. The summed E-state index contributed by atoms with van der Waals surface area (Å²) >= 11 is 0. The molecular formula is C11H14ClNO2. The zero-order valence-corrected chi connectivity index (χ0v) is 9.34. The normalized spacial score (nSPS) is 19.1. The minimum atomic E-state index is -0.0246. The third kappa shape index (κ3) is 2.30. The maximum Gasteiger partial charge on any atom is 0.164 e. The lowest BCUT2D eigenvalue weighted by Gasteiger charge is -2.20. The number of nitrogens with two attached hydrogens (primary N) is 1. The van der Waals surface area contributed by atoms with Crippen molar-refractivity contribution < 1.29 is 9.53 Å². The number of hydrogen-bond donors (Lipinski definition) is 1. The molecule has 0 spiro atoms. The summed E-state index contributed by atoms with van der Waals surface area (Å²) in [5.41, 5.74) is 7.56. The van der Waals surface area contributed by atoms with E-state index < -0.39 is 0 Å². The number of rotatable bonds is 1. The molecule has 1 aromatic carbocycles. The smallest absolute Gasteiger partial charge is 0.164 e. The number of carbonyl (C=O) groups excluding carboxylic acids is 1. The van der Waals surface area contributed by atoms with Crippen LogP contribution in [0.3, 0.4) is 0 Å². The molecule has 1 unspecified atom stereocenters. The molecule has 0 saturated heterocycles. The van der Waals surface area contributed by atoms with E-state index in [0.717, 1.165) is 23.3 Å². The molecule has 4 heteroatoms. The van der Waals surface area contributed by atoms with Crippen LogP contribution in [0.15, 0.2) is 18.2 Å². The number of ether oxygens (including phenoxy) is 1. The van der Waals surface area contributed by atoms with Crippen LogP contribution in [0.25, 0.3) is 0 Å². The van der Waals surface area contributed by atoms with E-state index in [0.29, 0.717) is 6.42 Å². The first-order chi connectivity index (χ1) is 6.70. The summed E-state index contributed by atoms with van der Waals surface area (Å²) in [5.74, 6) is 0.852. The molecule has 1 aliphatic carbocycles. The fourth-order valence-electron chi connectivity index (χ4n) is 1.82. The predicted molar refractivity (Wildman–Crippen MR) is 60.9 cm³/mol. The van der Waals surface area contributed by atoms with E-state index >= 15 is 0 Å². The first-order valence-corrected chi connectivity index (χ1v) is 4.66. The van der Waals surface area contributed by atoms with E-state index in [1.165, 1.54) is 0 Å². The maximum atomic E-state index is 11.6. The van der Waals surface area contributed by atoms with Gasteiger partial charge >= 0.3 is 0 Å². The lowest BCUT2D eigenvalue weighted by Crippen LogP contribution is -2.31. The van der Waals surface area contributed by atoms with Gasteiger partial charge in [-0.2, -0.15) is 0 Å². The number of methoxy groups -OCH3 is 1. The largest absolute Gasteiger partial charge is 0.497 e. The molecule has 3 nitrogen and oxygen atoms in total. The van der Waals surface area contributed by atoms with Crippen LogP contribution in [-0.4, -0.2) is 18.9 Å². The Balaban J connectivity index is 0.00000112. The third-order valence-corrected chi connectivity index (χ3v) is 2.55. The summed E-state index contributed by atoms with van der Waals surface area (Å²) in [4.78, 5) is 11.6. The molecule has 15 heavy (non-hydrogen) atoms. The van der Waals surface area contributed by atoms with Crippen LogP contribution in [-0.2, 0) is 6.42 Å². The Morgan fingerprint density at radius 1 is 1.40 bits per heavy atom. The van der Waals surface area contributed by atoms with Crippen molar-refractivity contribution >= 4 is 18.2 Å². The minimum Gasteiger partial charge on any atom is -0.497 e. The molecule has 1 aromatic rings. The number of fused-ring (bicyclic) bond motifs is 1. The molecule has 0 heterocycles. The highest BCUT2D eigenvalue weighted by atomic mass is 35.5. The number of hydrogen-bond acceptors (Lipinski definition) is 3. The zero-order valence-electron chi connectivity index (χ0n) is 8.53. The van der Waals surface area contributed by atoms with E-state index in [1.807, 2.05) is 12.1 Å². The van der Waals surface area contributed by atoms with Gasteiger partial charge in [0.15, 0.2) is 5.78 Å². The third-order valence-electron chi connectivity index (χ3n) is 2.55. The summed E-state index contributed by atoms with van der Waals surface area (Å²) < 4.78 is 5.07. The molecule has 2 rings (SSSR count). The fourth-order valence-corrected chi connectivity index (χ4v) is 1.82. The van der Waals surface area contributed by atoms with Gasteiger partial charge in [0.25, 0.3) is 0 Å². The van der Waals surface area contributed by atoms with Crippen molar-refractivity contribution in [2.75, 3.05) is 7.11 Å². The van der Waals surface area contributed by atoms with Gasteiger partial charge in [0.05, 0.1) is 7.11 Å². The molecule has 0 amide bonds. The standard InChI is InChI=1S/C11H13NO2.ClH/c1-14-9-3-2-7-4-8(12)5-11(13)10(7)6-9;/h2-3,6,8H,4-5,12H2,1H3;1H. The lowest BCUT2D eigenvalue weighted by atomic mass is 9.88. The van der Waals surface area contributed by atoms with Gasteiger partial charge in [-0.3, -0.25) is 4.79 Å². The summed E-state index contributed by atoms with van der Waals surface area (Å²) in [6.45, 7) is 0. The van der Waals surface area contributed by atoms with Crippen LogP contribution in [0.2, 0.25) is 0 Å². The molecular weight excluding hydrogens is 214 g/mol. The topological polar surface area (TPSA) is 52.3 Å². The Hall–Kier alpha value is -1.06. The van der Waals surface area contributed by atoms with Crippen molar-refractivity contribution in [3.63, 3.8) is 0 Å². The van der Waals surface area contributed by atoms with E-state index in [1.54, 1.807) is 13.2 Å². The van der Waals surface area contributed by atoms with Crippen LogP contribution in [0.4, 0.5) is 0 Å². The number of halogens is 1. The Morgan fingerprint density at radius 3 is 2.80 bits per heavy atom. The second-order valence-corrected chi connectivity index (χ2v) is 3.61. The van der Waals surface area contributed by atoms with Gasteiger partial charge in [-0.15, -0.1) is 12.4 Å². The SMILES string of the molecule is COc1ccc2c(c1)C(=O)CC(N)C2.Cl. The number of benzene rings is 1. The number of ketones is 1. The Labute approximate surface area is 95.0 Å². The average molecular weight is 228 g/mol. The molecule has 0 radical (unpaired) electrons. The van der Waals surface area contributed by atoms with Crippen molar-refractivity contribution in [2.45, 2.75) is 18.9 Å². The Morgan fingerprint density at radius 2 is 2.13 bits per heavy atom. The van der Waals surface area contributed by atoms with Crippen LogP contribution in [0.5, 0.6) is 5.75 Å². The second-order valence-electron chi connectivity index (χ2n) is 3.61. The summed E-state index contributed by atoms with van der Waals surface area (Å²) in [6.07, 6.45) is 1.23. The van der Waals surface area contributed by atoms with Crippen molar-refractivity contribution in [2.24, 2.45) is 5.73 Å². The number of carbonyl (C=O) groups is 1. The van der Waals surface area contributed by atoms with E-state index in [-0.39, 0.29) is 24.2 Å². The summed E-state index contributed by atoms with van der Waals surface area (Å²) in [7, 11) is 1.60. The molecule has 1 aliphatic rings. The lowest BCUT2D eigenvalue weighted by molar-refractivity contribution is 0.0965. The molecule has 0 aliphatic heterocycles. The van der Waals surface area contributed by atoms with E-state index in [4.69, 9.17) is 10.5 Å². The Bertz CT molecular complexity index is 379. The van der Waals surface area contributed by atoms with Crippen LogP contribution < -0.4 is 10.5 Å². The minimum absolute atomic E-state index is 0. The van der Waals surface area contributed by atoms with Gasteiger partial charge in [0.2, 0.25) is 0 Å². The van der Waals surface area contributed by atoms with Gasteiger partial charge < -0.3 is 10.5 Å². The van der Waals surface area contributed by atoms with Gasteiger partial charge in [-0.1, -0.05) is 6.07 Å². The zero-order chi connectivity index (χ0) is 10.1. The summed E-state index contributed by atoms with van der Waals surface area (Å²) in [6, 6.07) is 5.56. The van der Waals surface area contributed by atoms with Gasteiger partial charge in [-0.05, 0) is 24.1 Å².